The second-order valence-corrected chi connectivity index (χ2v) is 6.05. The molecule has 2 rings (SSSR count). The normalized spacial score (nSPS) is 18.0. The van der Waals surface area contributed by atoms with Crippen molar-refractivity contribution in [3.63, 3.8) is 0 Å². The van der Waals surface area contributed by atoms with Gasteiger partial charge in [0.1, 0.15) is 5.75 Å². The number of nitro groups is 1. The molecule has 1 saturated carbocycles. The molecule has 0 aliphatic heterocycles. The molecule has 0 unspecified atom stereocenters. The van der Waals surface area contributed by atoms with Gasteiger partial charge in [-0.3, -0.25) is 10.1 Å². The van der Waals surface area contributed by atoms with E-state index in [2.05, 4.69) is 12.6 Å². The fourth-order valence-corrected chi connectivity index (χ4v) is 3.20. The first kappa shape index (κ1) is 16.1. The maximum Gasteiger partial charge on any atom is 0.305 e. The van der Waals surface area contributed by atoms with E-state index in [0.717, 1.165) is 30.7 Å². The number of hydrogen-bond donors (Lipinski definition) is 1. The molecule has 0 saturated heterocycles. The highest BCUT2D eigenvalue weighted by Crippen LogP contribution is 2.37. The molecule has 0 spiro atoms. The highest BCUT2D eigenvalue weighted by molar-refractivity contribution is 7.80. The van der Waals surface area contributed by atoms with Crippen molar-refractivity contribution in [2.45, 2.75) is 38.5 Å². The fourth-order valence-electron chi connectivity index (χ4n) is 2.79. The van der Waals surface area contributed by atoms with Crippen LogP contribution in [0.3, 0.4) is 0 Å². The second kappa shape index (κ2) is 7.11. The zero-order valence-electron chi connectivity index (χ0n) is 11.9. The van der Waals surface area contributed by atoms with E-state index in [1.54, 1.807) is 0 Å². The maximum atomic E-state index is 13.6. The van der Waals surface area contributed by atoms with Crippen molar-refractivity contribution in [3.05, 3.63) is 34.1 Å². The molecule has 116 valence electrons. The van der Waals surface area contributed by atoms with E-state index in [9.17, 15) is 14.5 Å². The Labute approximate surface area is 129 Å². The lowest BCUT2D eigenvalue weighted by atomic mass is 9.83. The Morgan fingerprint density at radius 3 is 2.48 bits per heavy atom. The van der Waals surface area contributed by atoms with E-state index in [1.807, 2.05) is 0 Å². The minimum absolute atomic E-state index is 0.0257. The Balaban J connectivity index is 2.04. The van der Waals surface area contributed by atoms with Crippen LogP contribution in [0.5, 0.6) is 5.75 Å². The molecular formula is C15H20FNO3S. The van der Waals surface area contributed by atoms with E-state index in [1.165, 1.54) is 31.7 Å². The Hall–Kier alpha value is -1.30. The largest absolute Gasteiger partial charge is 0.493 e. The summed E-state index contributed by atoms with van der Waals surface area (Å²) in [6, 6.07) is 3.68. The second-order valence-electron chi connectivity index (χ2n) is 5.73. The number of ether oxygens (including phenoxy) is 1. The molecule has 0 aromatic heterocycles. The number of rotatable bonds is 5. The third-order valence-electron chi connectivity index (χ3n) is 4.16. The van der Waals surface area contributed by atoms with Gasteiger partial charge in [-0.05, 0) is 24.7 Å². The topological polar surface area (TPSA) is 52.4 Å². The summed E-state index contributed by atoms with van der Waals surface area (Å²) in [5.74, 6) is 0.212. The first-order valence-electron chi connectivity index (χ1n) is 7.24. The molecule has 0 radical (unpaired) electrons. The summed E-state index contributed by atoms with van der Waals surface area (Å²) in [6.07, 6.45) is 6.93. The van der Waals surface area contributed by atoms with Crippen LogP contribution in [-0.4, -0.2) is 17.3 Å². The Bertz CT molecular complexity index is 502. The average Bonchev–Trinajstić information content (AvgIpc) is 2.71. The zero-order valence-corrected chi connectivity index (χ0v) is 12.8. The van der Waals surface area contributed by atoms with Crippen LogP contribution in [0.4, 0.5) is 10.1 Å². The standard InChI is InChI=1S/C15H20FNO3S/c16-13-9-12(5-6-14(13)17(18)19)20-10-15(11-21)7-3-1-2-4-8-15/h5-6,9,21H,1-4,7-8,10-11H2. The van der Waals surface area contributed by atoms with E-state index < -0.39 is 16.4 Å². The van der Waals surface area contributed by atoms with Crippen LogP contribution in [0.25, 0.3) is 0 Å². The Kier molecular flexibility index (Phi) is 5.45. The molecule has 0 amide bonds. The van der Waals surface area contributed by atoms with Gasteiger partial charge in [0.05, 0.1) is 11.5 Å². The molecule has 21 heavy (non-hydrogen) atoms. The zero-order chi connectivity index (χ0) is 15.3. The lowest BCUT2D eigenvalue weighted by Gasteiger charge is -2.30. The highest BCUT2D eigenvalue weighted by atomic mass is 32.1. The molecule has 0 atom stereocenters. The van der Waals surface area contributed by atoms with Crippen molar-refractivity contribution >= 4 is 18.3 Å². The van der Waals surface area contributed by atoms with Crippen LogP contribution in [0.1, 0.15) is 38.5 Å². The summed E-state index contributed by atoms with van der Waals surface area (Å²) in [5.41, 5.74) is -0.501. The highest BCUT2D eigenvalue weighted by Gasteiger charge is 2.30. The molecule has 0 bridgehead atoms. The molecule has 4 nitrogen and oxygen atoms in total. The molecule has 1 aromatic rings. The van der Waals surface area contributed by atoms with Crippen LogP contribution in [0.15, 0.2) is 18.2 Å². The van der Waals surface area contributed by atoms with Gasteiger partial charge in [-0.1, -0.05) is 25.7 Å². The van der Waals surface area contributed by atoms with Gasteiger partial charge in [0, 0.05) is 17.5 Å². The van der Waals surface area contributed by atoms with Crippen molar-refractivity contribution < 1.29 is 14.1 Å². The van der Waals surface area contributed by atoms with Gasteiger partial charge in [0.15, 0.2) is 0 Å². The van der Waals surface area contributed by atoms with Gasteiger partial charge in [-0.2, -0.15) is 17.0 Å². The quantitative estimate of drug-likeness (QED) is 0.380. The summed E-state index contributed by atoms with van der Waals surface area (Å²) in [4.78, 5) is 9.85. The predicted octanol–water partition coefficient (Wildman–Crippen LogP) is 4.38. The van der Waals surface area contributed by atoms with Gasteiger partial charge >= 0.3 is 5.69 Å². The van der Waals surface area contributed by atoms with Crippen LogP contribution in [0.2, 0.25) is 0 Å². The third kappa shape index (κ3) is 4.09. The fraction of sp³-hybridized carbons (Fsp3) is 0.600. The number of nitrogens with zero attached hydrogens (tertiary/aromatic N) is 1. The van der Waals surface area contributed by atoms with E-state index in [4.69, 9.17) is 4.74 Å². The molecule has 1 aliphatic rings. The third-order valence-corrected chi connectivity index (χ3v) is 4.83. The summed E-state index contributed by atoms with van der Waals surface area (Å²) in [7, 11) is 0. The van der Waals surface area contributed by atoms with E-state index in [0.29, 0.717) is 12.4 Å². The smallest absolute Gasteiger partial charge is 0.305 e. The maximum absolute atomic E-state index is 13.6. The minimum Gasteiger partial charge on any atom is -0.493 e. The number of hydrogen-bond acceptors (Lipinski definition) is 4. The van der Waals surface area contributed by atoms with Crippen molar-refractivity contribution in [2.75, 3.05) is 12.4 Å². The Morgan fingerprint density at radius 2 is 1.95 bits per heavy atom. The van der Waals surface area contributed by atoms with Crippen LogP contribution in [0, 0.1) is 21.3 Å². The van der Waals surface area contributed by atoms with Crippen LogP contribution >= 0.6 is 12.6 Å². The van der Waals surface area contributed by atoms with Crippen molar-refractivity contribution in [3.8, 4) is 5.75 Å². The van der Waals surface area contributed by atoms with Crippen molar-refractivity contribution in [1.29, 1.82) is 0 Å². The summed E-state index contributed by atoms with van der Waals surface area (Å²) >= 11 is 4.46. The molecule has 1 aliphatic carbocycles. The Morgan fingerprint density at radius 1 is 1.29 bits per heavy atom. The molecular weight excluding hydrogens is 293 g/mol. The molecule has 1 fully saturated rings. The summed E-state index contributed by atoms with van der Waals surface area (Å²) in [6.45, 7) is 0.480. The van der Waals surface area contributed by atoms with Gasteiger partial charge in [0.2, 0.25) is 5.82 Å². The van der Waals surface area contributed by atoms with Gasteiger partial charge in [-0.15, -0.1) is 0 Å². The summed E-state index contributed by atoms with van der Waals surface area (Å²) in [5, 5.41) is 10.6. The molecule has 0 N–H and O–H groups in total. The molecule has 0 heterocycles. The van der Waals surface area contributed by atoms with Crippen molar-refractivity contribution in [2.24, 2.45) is 5.41 Å². The minimum atomic E-state index is -0.863. The first-order chi connectivity index (χ1) is 10.1. The van der Waals surface area contributed by atoms with Gasteiger partial charge in [0.25, 0.3) is 0 Å². The molecule has 6 heteroatoms. The lowest BCUT2D eigenvalue weighted by molar-refractivity contribution is -0.387. The average molecular weight is 313 g/mol. The van der Waals surface area contributed by atoms with E-state index in [-0.39, 0.29) is 5.41 Å². The van der Waals surface area contributed by atoms with Crippen molar-refractivity contribution in [1.82, 2.24) is 0 Å². The van der Waals surface area contributed by atoms with Crippen LogP contribution in [-0.2, 0) is 0 Å². The number of halogens is 1. The van der Waals surface area contributed by atoms with Gasteiger partial charge in [-0.25, -0.2) is 0 Å². The molecule has 1 aromatic carbocycles. The lowest BCUT2D eigenvalue weighted by Crippen LogP contribution is -2.30. The summed E-state index contributed by atoms with van der Waals surface area (Å²) < 4.78 is 19.3. The van der Waals surface area contributed by atoms with E-state index >= 15 is 0 Å². The number of thiol groups is 1. The predicted molar refractivity (Wildman–Crippen MR) is 82.5 cm³/mol. The van der Waals surface area contributed by atoms with Gasteiger partial charge < -0.3 is 4.74 Å². The first-order valence-corrected chi connectivity index (χ1v) is 7.87. The monoisotopic (exact) mass is 313 g/mol. The number of nitro benzene ring substituents is 1. The SMILES string of the molecule is O=[N+]([O-])c1ccc(OCC2(CS)CCCCCC2)cc1F. The van der Waals surface area contributed by atoms with Crippen LogP contribution < -0.4 is 4.74 Å². The number of benzene rings is 1.